The molecule has 0 radical (unpaired) electrons. The van der Waals surface area contributed by atoms with Gasteiger partial charge in [-0.05, 0) is 24.3 Å². The van der Waals surface area contributed by atoms with Crippen molar-refractivity contribution in [3.05, 3.63) is 36.6 Å². The van der Waals surface area contributed by atoms with Gasteiger partial charge in [-0.25, -0.2) is 0 Å². The molecule has 1 fully saturated rings. The fourth-order valence-electron chi connectivity index (χ4n) is 3.12. The first-order valence-electron chi connectivity index (χ1n) is 8.46. The van der Waals surface area contributed by atoms with E-state index in [1.165, 1.54) is 6.26 Å². The number of ether oxygens (including phenoxy) is 1. The monoisotopic (exact) mass is 359 g/mol. The largest absolute Gasteiger partial charge is 0.393 e. The second kappa shape index (κ2) is 6.85. The number of hydrogen-bond acceptors (Lipinski definition) is 9. The second-order valence-corrected chi connectivity index (χ2v) is 6.31. The minimum atomic E-state index is -1.38. The molecule has 2 aliphatic heterocycles. The van der Waals surface area contributed by atoms with E-state index in [4.69, 9.17) is 14.1 Å². The van der Waals surface area contributed by atoms with Crippen LogP contribution in [0.1, 0.15) is 6.92 Å². The summed E-state index contributed by atoms with van der Waals surface area (Å²) in [6, 6.07) is 9.64. The molecule has 0 saturated carbocycles. The minimum absolute atomic E-state index is 0.187. The molecular formula is C17H21N5O4. The van der Waals surface area contributed by atoms with E-state index in [1.54, 1.807) is 19.3 Å². The lowest BCUT2D eigenvalue weighted by atomic mass is 10.2. The summed E-state index contributed by atoms with van der Waals surface area (Å²) in [5, 5.41) is 21.4. The Morgan fingerprint density at radius 2 is 2.08 bits per heavy atom. The summed E-state index contributed by atoms with van der Waals surface area (Å²) in [7, 11) is 0. The highest BCUT2D eigenvalue weighted by molar-refractivity contribution is 5.79. The fraction of sp³-hybridized carbons (Fsp3) is 0.412. The second-order valence-electron chi connectivity index (χ2n) is 6.31. The van der Waals surface area contributed by atoms with Crippen LogP contribution in [-0.2, 0) is 9.57 Å². The molecule has 26 heavy (non-hydrogen) atoms. The van der Waals surface area contributed by atoms with E-state index in [0.29, 0.717) is 25.5 Å². The molecule has 1 aromatic heterocycles. The lowest BCUT2D eigenvalue weighted by Crippen LogP contribution is -2.42. The molecule has 2 atom stereocenters. The first-order valence-corrected chi connectivity index (χ1v) is 8.46. The predicted molar refractivity (Wildman–Crippen MR) is 96.1 cm³/mol. The Labute approximate surface area is 150 Å². The number of nitrogens with zero attached hydrogens (tertiary/aromatic N) is 4. The van der Waals surface area contributed by atoms with Gasteiger partial charge in [-0.15, -0.1) is 0 Å². The van der Waals surface area contributed by atoms with Gasteiger partial charge in [0.25, 0.3) is 0 Å². The van der Waals surface area contributed by atoms with E-state index in [-0.39, 0.29) is 6.10 Å². The van der Waals surface area contributed by atoms with Crippen molar-refractivity contribution in [3.63, 3.8) is 0 Å². The number of aliphatic hydroxyl groups is 1. The molecule has 2 aromatic rings. The summed E-state index contributed by atoms with van der Waals surface area (Å²) >= 11 is 0. The Kier molecular flexibility index (Phi) is 4.39. The van der Waals surface area contributed by atoms with E-state index in [9.17, 15) is 5.11 Å². The normalized spacial score (nSPS) is 25.4. The molecule has 1 aromatic carbocycles. The van der Waals surface area contributed by atoms with Crippen LogP contribution in [-0.4, -0.2) is 54.9 Å². The van der Waals surface area contributed by atoms with Crippen molar-refractivity contribution < 1.29 is 19.2 Å². The summed E-state index contributed by atoms with van der Waals surface area (Å²) in [5.41, 5.74) is 1.90. The average Bonchev–Trinajstić information content (AvgIpc) is 3.28. The van der Waals surface area contributed by atoms with Gasteiger partial charge in [0.1, 0.15) is 19.2 Å². The van der Waals surface area contributed by atoms with Gasteiger partial charge in [-0.3, -0.25) is 0 Å². The van der Waals surface area contributed by atoms with Gasteiger partial charge in [0, 0.05) is 30.9 Å². The summed E-state index contributed by atoms with van der Waals surface area (Å²) in [6.45, 7) is 4.03. The SMILES string of the molecule is CC1(O)OC(CNc2ccon2)CN1c1ccc(N2C=NOCC2)cc1. The standard InChI is InChI=1S/C17H21N5O4/c1-17(23)22(11-15(26-17)10-18-16-6-8-25-20-16)14-4-2-13(3-5-14)21-7-9-24-19-12-21/h2-6,8,12,15,23H,7,9-11H2,1H3,(H,18,20). The lowest BCUT2D eigenvalue weighted by molar-refractivity contribution is -0.173. The van der Waals surface area contributed by atoms with Gasteiger partial charge in [0.05, 0.1) is 19.2 Å². The third-order valence-electron chi connectivity index (χ3n) is 4.40. The lowest BCUT2D eigenvalue weighted by Gasteiger charge is -2.30. The van der Waals surface area contributed by atoms with Crippen molar-refractivity contribution in [2.75, 3.05) is 41.4 Å². The molecule has 0 bridgehead atoms. The number of benzene rings is 1. The van der Waals surface area contributed by atoms with E-state index < -0.39 is 5.91 Å². The molecule has 9 heteroatoms. The van der Waals surface area contributed by atoms with Gasteiger partial charge < -0.3 is 34.3 Å². The topological polar surface area (TPSA) is 95.6 Å². The number of hydrogen-bond donors (Lipinski definition) is 2. The Morgan fingerprint density at radius 3 is 2.77 bits per heavy atom. The zero-order chi connectivity index (χ0) is 18.0. The van der Waals surface area contributed by atoms with Gasteiger partial charge in [0.15, 0.2) is 5.82 Å². The van der Waals surface area contributed by atoms with Crippen LogP contribution in [0.25, 0.3) is 0 Å². The average molecular weight is 359 g/mol. The third kappa shape index (κ3) is 3.44. The predicted octanol–water partition coefficient (Wildman–Crippen LogP) is 1.44. The van der Waals surface area contributed by atoms with Crippen molar-refractivity contribution in [1.82, 2.24) is 5.16 Å². The summed E-state index contributed by atoms with van der Waals surface area (Å²) < 4.78 is 10.6. The Morgan fingerprint density at radius 1 is 1.27 bits per heavy atom. The molecule has 3 heterocycles. The highest BCUT2D eigenvalue weighted by Gasteiger charge is 2.41. The summed E-state index contributed by atoms with van der Waals surface area (Å²) in [4.78, 5) is 8.81. The van der Waals surface area contributed by atoms with E-state index in [1.807, 2.05) is 34.1 Å². The molecular weight excluding hydrogens is 338 g/mol. The van der Waals surface area contributed by atoms with Gasteiger partial charge >= 0.3 is 0 Å². The number of oxime groups is 1. The Bertz CT molecular complexity index is 747. The molecule has 2 N–H and O–H groups in total. The van der Waals surface area contributed by atoms with E-state index in [2.05, 4.69) is 15.6 Å². The summed E-state index contributed by atoms with van der Waals surface area (Å²) in [5.74, 6) is -0.735. The van der Waals surface area contributed by atoms with Crippen molar-refractivity contribution in [3.8, 4) is 0 Å². The fourth-order valence-corrected chi connectivity index (χ4v) is 3.12. The van der Waals surface area contributed by atoms with Crippen LogP contribution < -0.4 is 15.1 Å². The van der Waals surface area contributed by atoms with E-state index in [0.717, 1.165) is 17.9 Å². The first kappa shape index (κ1) is 16.7. The molecule has 138 valence electrons. The van der Waals surface area contributed by atoms with Crippen LogP contribution in [0.5, 0.6) is 0 Å². The van der Waals surface area contributed by atoms with Crippen LogP contribution in [0.15, 0.2) is 46.3 Å². The van der Waals surface area contributed by atoms with Crippen molar-refractivity contribution in [1.29, 1.82) is 0 Å². The molecule has 2 aliphatic rings. The highest BCUT2D eigenvalue weighted by atomic mass is 16.7. The minimum Gasteiger partial charge on any atom is -0.393 e. The molecule has 0 amide bonds. The molecule has 0 spiro atoms. The number of anilines is 3. The third-order valence-corrected chi connectivity index (χ3v) is 4.40. The van der Waals surface area contributed by atoms with Crippen LogP contribution in [0.3, 0.4) is 0 Å². The van der Waals surface area contributed by atoms with Gasteiger partial charge in [-0.2, -0.15) is 0 Å². The van der Waals surface area contributed by atoms with Crippen LogP contribution in [0.4, 0.5) is 17.2 Å². The van der Waals surface area contributed by atoms with Crippen molar-refractivity contribution in [2.45, 2.75) is 18.9 Å². The molecule has 0 aliphatic carbocycles. The number of aromatic nitrogens is 1. The first-order chi connectivity index (χ1) is 12.6. The molecule has 9 nitrogen and oxygen atoms in total. The van der Waals surface area contributed by atoms with Gasteiger partial charge in [0.2, 0.25) is 5.91 Å². The summed E-state index contributed by atoms with van der Waals surface area (Å²) in [6.07, 6.45) is 2.98. The molecule has 2 unspecified atom stereocenters. The van der Waals surface area contributed by atoms with E-state index >= 15 is 0 Å². The zero-order valence-electron chi connectivity index (χ0n) is 14.4. The molecule has 4 rings (SSSR count). The van der Waals surface area contributed by atoms with Crippen LogP contribution >= 0.6 is 0 Å². The maximum Gasteiger partial charge on any atom is 0.246 e. The maximum atomic E-state index is 10.6. The van der Waals surface area contributed by atoms with Crippen LogP contribution in [0, 0.1) is 0 Å². The molecule has 1 saturated heterocycles. The zero-order valence-corrected chi connectivity index (χ0v) is 14.4. The quantitative estimate of drug-likeness (QED) is 0.828. The Hall–Kier alpha value is -2.78. The van der Waals surface area contributed by atoms with Crippen molar-refractivity contribution >= 4 is 23.5 Å². The Balaban J connectivity index is 1.42. The maximum absolute atomic E-state index is 10.6. The van der Waals surface area contributed by atoms with Crippen LogP contribution in [0.2, 0.25) is 0 Å². The smallest absolute Gasteiger partial charge is 0.246 e. The van der Waals surface area contributed by atoms with Crippen molar-refractivity contribution in [2.24, 2.45) is 5.16 Å². The van der Waals surface area contributed by atoms with Gasteiger partial charge in [-0.1, -0.05) is 10.3 Å². The number of nitrogens with one attached hydrogen (secondary N) is 1. The number of rotatable bonds is 5. The highest BCUT2D eigenvalue weighted by Crippen LogP contribution is 2.32.